The molecule has 1 saturated heterocycles. The van der Waals surface area contributed by atoms with Crippen molar-refractivity contribution >= 4 is 22.3 Å². The molecular weight excluding hydrogens is 334 g/mol. The van der Waals surface area contributed by atoms with E-state index in [4.69, 9.17) is 0 Å². The van der Waals surface area contributed by atoms with Crippen LogP contribution in [0.5, 0.6) is 0 Å². The Hall–Kier alpha value is -2.32. The molecule has 3 aromatic rings. The average molecular weight is 355 g/mol. The summed E-state index contributed by atoms with van der Waals surface area (Å²) in [5.41, 5.74) is 1.03. The zero-order chi connectivity index (χ0) is 17.1. The Balaban J connectivity index is 1.50. The van der Waals surface area contributed by atoms with Crippen LogP contribution in [0.1, 0.15) is 35.2 Å². The van der Waals surface area contributed by atoms with Gasteiger partial charge in [-0.15, -0.1) is 11.3 Å². The summed E-state index contributed by atoms with van der Waals surface area (Å²) in [7, 11) is 0. The Labute approximate surface area is 150 Å². The van der Waals surface area contributed by atoms with Crippen molar-refractivity contribution in [1.82, 2.24) is 29.8 Å². The number of hydrogen-bond donors (Lipinski definition) is 2. The minimum absolute atomic E-state index is 0.362. The third-order valence-electron chi connectivity index (χ3n) is 4.39. The molecule has 0 spiro atoms. The van der Waals surface area contributed by atoms with Crippen LogP contribution in [0, 0.1) is 6.92 Å². The maximum Gasteiger partial charge on any atom is 0.188 e. The molecule has 0 saturated carbocycles. The predicted octanol–water partition coefficient (Wildman–Crippen LogP) is 3.09. The molecule has 7 nitrogen and oxygen atoms in total. The SMILES string of the molecule is Cc1cnc(Nc2nccnc2C2CCCN(Cc3ncc[nH]3)C2)s1. The number of aryl methyl sites for hydroxylation is 1. The second-order valence-electron chi connectivity index (χ2n) is 6.30. The van der Waals surface area contributed by atoms with Crippen molar-refractivity contribution in [1.29, 1.82) is 0 Å². The molecule has 1 atom stereocenters. The van der Waals surface area contributed by atoms with Crippen molar-refractivity contribution in [2.45, 2.75) is 32.2 Å². The highest BCUT2D eigenvalue weighted by Gasteiger charge is 2.25. The molecule has 1 fully saturated rings. The van der Waals surface area contributed by atoms with Gasteiger partial charge in [-0.05, 0) is 26.3 Å². The molecule has 1 unspecified atom stereocenters. The van der Waals surface area contributed by atoms with Gasteiger partial charge in [0.2, 0.25) is 0 Å². The fourth-order valence-corrected chi connectivity index (χ4v) is 3.94. The molecule has 1 aliphatic heterocycles. The molecule has 0 aromatic carbocycles. The van der Waals surface area contributed by atoms with Gasteiger partial charge in [-0.3, -0.25) is 9.88 Å². The van der Waals surface area contributed by atoms with Gasteiger partial charge in [-0.2, -0.15) is 0 Å². The number of nitrogens with one attached hydrogen (secondary N) is 2. The molecule has 25 heavy (non-hydrogen) atoms. The third-order valence-corrected chi connectivity index (χ3v) is 5.22. The highest BCUT2D eigenvalue weighted by Crippen LogP contribution is 2.31. The average Bonchev–Trinajstić information content (AvgIpc) is 3.27. The fourth-order valence-electron chi connectivity index (χ4n) is 3.28. The van der Waals surface area contributed by atoms with Crippen molar-refractivity contribution < 1.29 is 0 Å². The molecule has 0 aliphatic carbocycles. The number of imidazole rings is 1. The molecule has 0 bridgehead atoms. The summed E-state index contributed by atoms with van der Waals surface area (Å²) in [6, 6.07) is 0. The van der Waals surface area contributed by atoms with Gasteiger partial charge >= 0.3 is 0 Å². The van der Waals surface area contributed by atoms with Crippen LogP contribution in [0.4, 0.5) is 10.9 Å². The molecule has 0 amide bonds. The van der Waals surface area contributed by atoms with E-state index in [2.05, 4.69) is 35.1 Å². The first-order valence-electron chi connectivity index (χ1n) is 8.49. The van der Waals surface area contributed by atoms with Gasteiger partial charge in [0.05, 0.1) is 12.2 Å². The zero-order valence-corrected chi connectivity index (χ0v) is 15.0. The lowest BCUT2D eigenvalue weighted by atomic mass is 9.94. The molecule has 1 aliphatic rings. The molecule has 4 heterocycles. The molecule has 130 valence electrons. The molecule has 2 N–H and O–H groups in total. The molecule has 8 heteroatoms. The summed E-state index contributed by atoms with van der Waals surface area (Å²) in [4.78, 5) is 24.7. The normalized spacial score (nSPS) is 18.4. The number of thiazole rings is 1. The van der Waals surface area contributed by atoms with Crippen LogP contribution in [0.15, 0.2) is 31.0 Å². The maximum atomic E-state index is 4.64. The zero-order valence-electron chi connectivity index (χ0n) is 14.1. The summed E-state index contributed by atoms with van der Waals surface area (Å²) < 4.78 is 0. The van der Waals surface area contributed by atoms with E-state index in [0.29, 0.717) is 5.92 Å². The van der Waals surface area contributed by atoms with Crippen LogP contribution >= 0.6 is 11.3 Å². The summed E-state index contributed by atoms with van der Waals surface area (Å²) in [5, 5.41) is 4.21. The molecule has 4 rings (SSSR count). The highest BCUT2D eigenvalue weighted by atomic mass is 32.1. The summed E-state index contributed by atoms with van der Waals surface area (Å²) >= 11 is 1.63. The smallest absolute Gasteiger partial charge is 0.188 e. The molecular formula is C17H21N7S. The second kappa shape index (κ2) is 7.28. The van der Waals surface area contributed by atoms with Crippen molar-refractivity contribution in [3.63, 3.8) is 0 Å². The number of aromatic nitrogens is 5. The lowest BCUT2D eigenvalue weighted by Gasteiger charge is -2.32. The number of aromatic amines is 1. The van der Waals surface area contributed by atoms with E-state index >= 15 is 0 Å². The van der Waals surface area contributed by atoms with E-state index in [1.54, 1.807) is 29.9 Å². The van der Waals surface area contributed by atoms with E-state index in [0.717, 1.165) is 54.9 Å². The Morgan fingerprint density at radius 2 is 2.16 bits per heavy atom. The quantitative estimate of drug-likeness (QED) is 0.732. The monoisotopic (exact) mass is 355 g/mol. The number of H-pyrrole nitrogens is 1. The van der Waals surface area contributed by atoms with Gasteiger partial charge in [0, 0.05) is 48.3 Å². The Morgan fingerprint density at radius 3 is 2.96 bits per heavy atom. The lowest BCUT2D eigenvalue weighted by molar-refractivity contribution is 0.195. The van der Waals surface area contributed by atoms with Gasteiger partial charge in [0.15, 0.2) is 10.9 Å². The molecule has 3 aromatic heterocycles. The molecule has 0 radical (unpaired) electrons. The number of nitrogens with zero attached hydrogens (tertiary/aromatic N) is 5. The van der Waals surface area contributed by atoms with Gasteiger partial charge in [-0.1, -0.05) is 0 Å². The first-order valence-corrected chi connectivity index (χ1v) is 9.30. The standard InChI is InChI=1S/C17H21N7S/c1-12-9-22-17(25-12)23-16-15(20-6-7-21-16)13-3-2-8-24(10-13)11-14-18-4-5-19-14/h4-7,9,13H,2-3,8,10-11H2,1H3,(H,18,19)(H,21,22,23). The number of likely N-dealkylation sites (tertiary alicyclic amines) is 1. The fraction of sp³-hybridized carbons (Fsp3) is 0.412. The van der Waals surface area contributed by atoms with Crippen molar-refractivity contribution in [3.05, 3.63) is 47.4 Å². The third kappa shape index (κ3) is 3.85. The lowest BCUT2D eigenvalue weighted by Crippen LogP contribution is -2.34. The van der Waals surface area contributed by atoms with Gasteiger partial charge in [-0.25, -0.2) is 15.0 Å². The summed E-state index contributed by atoms with van der Waals surface area (Å²) in [6.07, 6.45) is 11.3. The largest absolute Gasteiger partial charge is 0.348 e. The van der Waals surface area contributed by atoms with Crippen LogP contribution in [-0.2, 0) is 6.54 Å². The highest BCUT2D eigenvalue weighted by molar-refractivity contribution is 7.15. The van der Waals surface area contributed by atoms with Gasteiger partial charge in [0.1, 0.15) is 5.82 Å². The van der Waals surface area contributed by atoms with Crippen LogP contribution in [0.25, 0.3) is 0 Å². The van der Waals surface area contributed by atoms with E-state index in [1.807, 2.05) is 19.3 Å². The van der Waals surface area contributed by atoms with Crippen LogP contribution in [0.2, 0.25) is 0 Å². The maximum absolute atomic E-state index is 4.64. The van der Waals surface area contributed by atoms with E-state index in [1.165, 1.54) is 4.88 Å². The van der Waals surface area contributed by atoms with Crippen molar-refractivity contribution in [2.75, 3.05) is 18.4 Å². The van der Waals surface area contributed by atoms with Gasteiger partial charge < -0.3 is 10.3 Å². The predicted molar refractivity (Wildman–Crippen MR) is 98.0 cm³/mol. The number of hydrogen-bond acceptors (Lipinski definition) is 7. The first kappa shape index (κ1) is 16.2. The number of rotatable bonds is 5. The first-order chi connectivity index (χ1) is 12.3. The minimum atomic E-state index is 0.362. The van der Waals surface area contributed by atoms with E-state index < -0.39 is 0 Å². The van der Waals surface area contributed by atoms with Crippen LogP contribution in [-0.4, -0.2) is 42.9 Å². The number of anilines is 2. The van der Waals surface area contributed by atoms with E-state index in [-0.39, 0.29) is 0 Å². The summed E-state index contributed by atoms with van der Waals surface area (Å²) in [5.74, 6) is 2.19. The van der Waals surface area contributed by atoms with Crippen molar-refractivity contribution in [3.8, 4) is 0 Å². The Morgan fingerprint density at radius 1 is 1.24 bits per heavy atom. The van der Waals surface area contributed by atoms with Crippen LogP contribution in [0.3, 0.4) is 0 Å². The topological polar surface area (TPSA) is 82.6 Å². The van der Waals surface area contributed by atoms with Crippen LogP contribution < -0.4 is 5.32 Å². The minimum Gasteiger partial charge on any atom is -0.348 e. The second-order valence-corrected chi connectivity index (χ2v) is 7.54. The van der Waals surface area contributed by atoms with Gasteiger partial charge in [0.25, 0.3) is 0 Å². The van der Waals surface area contributed by atoms with Crippen molar-refractivity contribution in [2.24, 2.45) is 0 Å². The Kier molecular flexibility index (Phi) is 4.71. The van der Waals surface area contributed by atoms with E-state index in [9.17, 15) is 0 Å². The Bertz CT molecular complexity index is 814. The number of piperidine rings is 1. The summed E-state index contributed by atoms with van der Waals surface area (Å²) in [6.45, 7) is 4.95.